The van der Waals surface area contributed by atoms with Crippen LogP contribution in [-0.2, 0) is 16.0 Å². The number of Topliss-reactive ketones (excluding diaryl/α,β-unsaturated/α-hetero) is 1. The van der Waals surface area contributed by atoms with E-state index < -0.39 is 17.7 Å². The molecule has 0 aromatic heterocycles. The number of nitrogens with one attached hydrogen (secondary N) is 1. The van der Waals surface area contributed by atoms with Crippen molar-refractivity contribution in [1.82, 2.24) is 0 Å². The number of nitrogens with zero attached hydrogens (tertiary/aromatic N) is 1. The zero-order valence-corrected chi connectivity index (χ0v) is 20.8. The fourth-order valence-corrected chi connectivity index (χ4v) is 4.70. The van der Waals surface area contributed by atoms with Gasteiger partial charge < -0.3 is 10.4 Å². The normalized spacial score (nSPS) is 16.7. The number of aliphatic hydroxyl groups is 1. The fourth-order valence-electron chi connectivity index (χ4n) is 4.70. The Morgan fingerprint density at radius 3 is 2.16 bits per heavy atom. The van der Waals surface area contributed by atoms with Crippen molar-refractivity contribution in [2.24, 2.45) is 0 Å². The van der Waals surface area contributed by atoms with Crippen LogP contribution in [0, 0.1) is 6.92 Å². The smallest absolute Gasteiger partial charge is 0.300 e. The Kier molecular flexibility index (Phi) is 6.60. The molecule has 4 aromatic rings. The summed E-state index contributed by atoms with van der Waals surface area (Å²) in [6.45, 7) is 4.02. The van der Waals surface area contributed by atoms with Crippen molar-refractivity contribution in [3.8, 4) is 0 Å². The molecule has 1 unspecified atom stereocenters. The Hall–Kier alpha value is -4.64. The van der Waals surface area contributed by atoms with Crippen LogP contribution in [-0.4, -0.2) is 16.8 Å². The summed E-state index contributed by atoms with van der Waals surface area (Å²) in [5, 5.41) is 14.6. The minimum Gasteiger partial charge on any atom is -0.507 e. The van der Waals surface area contributed by atoms with Crippen LogP contribution >= 0.6 is 0 Å². The lowest BCUT2D eigenvalue weighted by atomic mass is 9.94. The largest absolute Gasteiger partial charge is 0.507 e. The predicted molar refractivity (Wildman–Crippen MR) is 148 cm³/mol. The summed E-state index contributed by atoms with van der Waals surface area (Å²) >= 11 is 0. The van der Waals surface area contributed by atoms with Crippen LogP contribution in [0.25, 0.3) is 5.76 Å². The van der Waals surface area contributed by atoms with Gasteiger partial charge in [0.1, 0.15) is 5.76 Å². The highest BCUT2D eigenvalue weighted by Crippen LogP contribution is 2.42. The molecular formula is C32H28N2O3. The first kappa shape index (κ1) is 24.1. The van der Waals surface area contributed by atoms with Gasteiger partial charge in [0.25, 0.3) is 11.7 Å². The van der Waals surface area contributed by atoms with Crippen molar-refractivity contribution in [1.29, 1.82) is 0 Å². The number of rotatable bonds is 6. The number of para-hydroxylation sites is 1. The molecule has 1 fully saturated rings. The third kappa shape index (κ3) is 4.76. The van der Waals surface area contributed by atoms with Crippen LogP contribution in [0.5, 0.6) is 0 Å². The number of carbonyl (C=O) groups is 2. The molecule has 2 N–H and O–H groups in total. The van der Waals surface area contributed by atoms with Crippen molar-refractivity contribution >= 4 is 34.5 Å². The fraction of sp³-hybridized carbons (Fsp3) is 0.125. The minimum absolute atomic E-state index is 0.0892. The molecule has 1 saturated heterocycles. The van der Waals surface area contributed by atoms with E-state index in [2.05, 4.69) is 12.2 Å². The van der Waals surface area contributed by atoms with Gasteiger partial charge in [0.05, 0.1) is 11.6 Å². The van der Waals surface area contributed by atoms with Crippen molar-refractivity contribution in [2.45, 2.75) is 26.3 Å². The molecule has 1 aliphatic heterocycles. The number of aliphatic hydroxyl groups excluding tert-OH is 1. The van der Waals surface area contributed by atoms with Crippen LogP contribution in [0.4, 0.5) is 17.1 Å². The van der Waals surface area contributed by atoms with Crippen molar-refractivity contribution in [2.75, 3.05) is 10.2 Å². The highest BCUT2D eigenvalue weighted by molar-refractivity contribution is 6.51. The molecule has 5 nitrogen and oxygen atoms in total. The number of hydrogen-bond donors (Lipinski definition) is 2. The van der Waals surface area contributed by atoms with Gasteiger partial charge in [-0.1, -0.05) is 79.2 Å². The second-order valence-electron chi connectivity index (χ2n) is 9.17. The van der Waals surface area contributed by atoms with Gasteiger partial charge in [-0.3, -0.25) is 14.5 Å². The van der Waals surface area contributed by atoms with Crippen molar-refractivity contribution in [3.05, 3.63) is 131 Å². The Labute approximate surface area is 216 Å². The summed E-state index contributed by atoms with van der Waals surface area (Å²) in [5.41, 5.74) is 5.86. The van der Waals surface area contributed by atoms with Crippen molar-refractivity contribution < 1.29 is 14.7 Å². The number of benzene rings is 4. The number of anilines is 3. The quantitative estimate of drug-likeness (QED) is 0.175. The maximum Gasteiger partial charge on any atom is 0.300 e. The SMILES string of the molecule is CCc1ccc(/C(O)=C2/C(=O)C(=O)N(c3ccc(Nc4ccccc4)cc3)C2c2cccc(C)c2)cc1. The molecule has 1 heterocycles. The third-order valence-electron chi connectivity index (χ3n) is 6.65. The molecule has 4 aromatic carbocycles. The first-order valence-electron chi connectivity index (χ1n) is 12.4. The number of ketones is 1. The van der Waals surface area contributed by atoms with Gasteiger partial charge in [-0.15, -0.1) is 0 Å². The summed E-state index contributed by atoms with van der Waals surface area (Å²) < 4.78 is 0. The monoisotopic (exact) mass is 488 g/mol. The number of aryl methyl sites for hydroxylation is 2. The zero-order chi connectivity index (χ0) is 25.9. The van der Waals surface area contributed by atoms with Gasteiger partial charge in [0.2, 0.25) is 0 Å². The van der Waals surface area contributed by atoms with Crippen LogP contribution in [0.3, 0.4) is 0 Å². The second-order valence-corrected chi connectivity index (χ2v) is 9.17. The van der Waals surface area contributed by atoms with Gasteiger partial charge >= 0.3 is 0 Å². The number of hydrogen-bond acceptors (Lipinski definition) is 4. The number of carbonyl (C=O) groups excluding carboxylic acids is 2. The van der Waals surface area contributed by atoms with E-state index in [1.54, 1.807) is 12.1 Å². The summed E-state index contributed by atoms with van der Waals surface area (Å²) in [7, 11) is 0. The molecule has 0 radical (unpaired) electrons. The zero-order valence-electron chi connectivity index (χ0n) is 20.8. The van der Waals surface area contributed by atoms with E-state index in [0.29, 0.717) is 11.3 Å². The highest BCUT2D eigenvalue weighted by Gasteiger charge is 2.47. The van der Waals surface area contributed by atoms with Crippen LogP contribution in [0.1, 0.15) is 35.2 Å². The van der Waals surface area contributed by atoms with Gasteiger partial charge in [-0.05, 0) is 60.9 Å². The lowest BCUT2D eigenvalue weighted by Gasteiger charge is -2.26. The maximum atomic E-state index is 13.4. The Morgan fingerprint density at radius 2 is 1.51 bits per heavy atom. The molecule has 1 aliphatic rings. The van der Waals surface area contributed by atoms with E-state index in [4.69, 9.17) is 0 Å². The molecular weight excluding hydrogens is 460 g/mol. The van der Waals surface area contributed by atoms with Crippen molar-refractivity contribution in [3.63, 3.8) is 0 Å². The summed E-state index contributed by atoms with van der Waals surface area (Å²) in [6.07, 6.45) is 0.865. The molecule has 37 heavy (non-hydrogen) atoms. The van der Waals surface area contributed by atoms with Crippen LogP contribution < -0.4 is 10.2 Å². The number of amides is 1. The molecule has 1 atom stereocenters. The molecule has 1 amide bonds. The van der Waals surface area contributed by atoms with Gasteiger partial charge in [0, 0.05) is 22.6 Å². The summed E-state index contributed by atoms with van der Waals surface area (Å²) in [5.74, 6) is -1.53. The van der Waals surface area contributed by atoms with E-state index in [0.717, 1.165) is 34.5 Å². The van der Waals surface area contributed by atoms with Crippen LogP contribution in [0.15, 0.2) is 109 Å². The average Bonchev–Trinajstić information content (AvgIpc) is 3.19. The van der Waals surface area contributed by atoms with Gasteiger partial charge in [0.15, 0.2) is 0 Å². The van der Waals surface area contributed by atoms with E-state index in [1.807, 2.05) is 97.9 Å². The second kappa shape index (κ2) is 10.2. The molecule has 5 heteroatoms. The highest BCUT2D eigenvalue weighted by atomic mass is 16.3. The third-order valence-corrected chi connectivity index (χ3v) is 6.65. The average molecular weight is 489 g/mol. The predicted octanol–water partition coefficient (Wildman–Crippen LogP) is 6.93. The van der Waals surface area contributed by atoms with E-state index >= 15 is 0 Å². The first-order chi connectivity index (χ1) is 18.0. The molecule has 5 rings (SSSR count). The Morgan fingerprint density at radius 1 is 0.838 bits per heavy atom. The van der Waals surface area contributed by atoms with E-state index in [9.17, 15) is 14.7 Å². The topological polar surface area (TPSA) is 69.6 Å². The van der Waals surface area contributed by atoms with E-state index in [-0.39, 0.29) is 11.3 Å². The molecule has 0 spiro atoms. The summed E-state index contributed by atoms with van der Waals surface area (Å²) in [6, 6.07) is 31.5. The Bertz CT molecular complexity index is 1470. The standard InChI is InChI=1S/C32H28N2O3/c1-3-22-12-14-23(15-13-22)30(35)28-29(24-9-7-8-21(2)20-24)34(32(37)31(28)36)27-18-16-26(17-19-27)33-25-10-5-4-6-11-25/h4-20,29,33,35H,3H2,1-2H3/b30-28-. The van der Waals surface area contributed by atoms with Crippen LogP contribution in [0.2, 0.25) is 0 Å². The van der Waals surface area contributed by atoms with E-state index in [1.165, 1.54) is 4.90 Å². The first-order valence-corrected chi connectivity index (χ1v) is 12.4. The van der Waals surface area contributed by atoms with Gasteiger partial charge in [-0.25, -0.2) is 0 Å². The van der Waals surface area contributed by atoms with Gasteiger partial charge in [-0.2, -0.15) is 0 Å². The molecule has 184 valence electrons. The summed E-state index contributed by atoms with van der Waals surface area (Å²) in [4.78, 5) is 28.3. The Balaban J connectivity index is 1.58. The lowest BCUT2D eigenvalue weighted by Crippen LogP contribution is -2.29. The molecule has 0 bridgehead atoms. The maximum absolute atomic E-state index is 13.4. The molecule has 0 aliphatic carbocycles. The molecule has 0 saturated carbocycles. The minimum atomic E-state index is -0.751. The lowest BCUT2D eigenvalue weighted by molar-refractivity contribution is -0.132.